The number of hydrazone groups is 1. The fourth-order valence-electron chi connectivity index (χ4n) is 2.78. The summed E-state index contributed by atoms with van der Waals surface area (Å²) in [6.45, 7) is -0.0809. The normalized spacial score (nSPS) is 11.4. The number of imidazole rings is 1. The number of amides is 1. The van der Waals surface area contributed by atoms with Crippen molar-refractivity contribution in [3.05, 3.63) is 50.9 Å². The van der Waals surface area contributed by atoms with Crippen LogP contribution in [0.15, 0.2) is 55.1 Å². The van der Waals surface area contributed by atoms with Gasteiger partial charge in [-0.15, -0.1) is 0 Å². The van der Waals surface area contributed by atoms with Crippen molar-refractivity contribution in [2.75, 3.05) is 5.73 Å². The van der Waals surface area contributed by atoms with Crippen LogP contribution in [0.2, 0.25) is 0 Å². The number of phenolic OH excluding ortho intramolecular Hbond substituents is 1. The van der Waals surface area contributed by atoms with Crippen molar-refractivity contribution in [2.24, 2.45) is 5.10 Å². The molecule has 1 amide bonds. The van der Waals surface area contributed by atoms with Crippen LogP contribution in [0.3, 0.4) is 0 Å². The molecule has 0 aliphatic carbocycles. The molecule has 4 aromatic rings. The van der Waals surface area contributed by atoms with Crippen molar-refractivity contribution in [3.63, 3.8) is 0 Å². The minimum atomic E-state index is -0.386. The highest BCUT2D eigenvalue weighted by molar-refractivity contribution is 9.11. The Morgan fingerprint density at radius 3 is 2.70 bits per heavy atom. The quantitative estimate of drug-likeness (QED) is 0.263. The number of nitrogens with zero attached hydrogens (tertiary/aromatic N) is 5. The number of hydrogen-bond donors (Lipinski definition) is 3. The third kappa shape index (κ3) is 3.91. The van der Waals surface area contributed by atoms with Gasteiger partial charge >= 0.3 is 0 Å². The summed E-state index contributed by atoms with van der Waals surface area (Å²) in [6, 6.07) is 10.7. The number of fused-ring (bicyclic) bond motifs is 1. The molecule has 10 nitrogen and oxygen atoms in total. The van der Waals surface area contributed by atoms with E-state index in [0.717, 1.165) is 5.52 Å². The molecular weight excluding hydrogens is 522 g/mol. The maximum absolute atomic E-state index is 12.5. The fraction of sp³-hybridized carbons (Fsp3) is 0.0556. The molecule has 0 saturated carbocycles. The van der Waals surface area contributed by atoms with Crippen molar-refractivity contribution in [2.45, 2.75) is 6.54 Å². The SMILES string of the molecule is Nc1nonc1-c1nc2ccccc2n1CC(=O)N/N=C\c1cc(Br)c(O)c(Br)c1. The molecule has 0 fully saturated rings. The Balaban J connectivity index is 1.57. The smallest absolute Gasteiger partial charge is 0.260 e. The molecule has 0 atom stereocenters. The highest BCUT2D eigenvalue weighted by Crippen LogP contribution is 2.32. The van der Waals surface area contributed by atoms with E-state index in [-0.39, 0.29) is 29.7 Å². The van der Waals surface area contributed by atoms with Crippen molar-refractivity contribution in [1.82, 2.24) is 25.3 Å². The van der Waals surface area contributed by atoms with Crippen molar-refractivity contribution in [3.8, 4) is 17.3 Å². The van der Waals surface area contributed by atoms with Crippen molar-refractivity contribution < 1.29 is 14.5 Å². The van der Waals surface area contributed by atoms with Gasteiger partial charge in [-0.25, -0.2) is 15.0 Å². The van der Waals surface area contributed by atoms with E-state index in [1.165, 1.54) is 6.21 Å². The van der Waals surface area contributed by atoms with Gasteiger partial charge in [0.1, 0.15) is 12.3 Å². The monoisotopic (exact) mass is 533 g/mol. The van der Waals surface area contributed by atoms with Crippen LogP contribution in [0.1, 0.15) is 5.56 Å². The topological polar surface area (TPSA) is 144 Å². The molecule has 0 radical (unpaired) electrons. The third-order valence-electron chi connectivity index (χ3n) is 4.12. The molecule has 0 spiro atoms. The molecule has 2 heterocycles. The molecule has 12 heteroatoms. The molecule has 2 aromatic carbocycles. The summed E-state index contributed by atoms with van der Waals surface area (Å²) < 4.78 is 7.32. The molecule has 0 bridgehead atoms. The van der Waals surface area contributed by atoms with Crippen molar-refractivity contribution >= 4 is 60.8 Å². The number of rotatable bonds is 5. The zero-order chi connectivity index (χ0) is 21.3. The lowest BCUT2D eigenvalue weighted by Crippen LogP contribution is -2.23. The molecule has 0 unspecified atom stereocenters. The Kier molecular flexibility index (Phi) is 5.50. The van der Waals surface area contributed by atoms with E-state index in [2.05, 4.69) is 62.3 Å². The molecular formula is C18H13Br2N7O3. The summed E-state index contributed by atoms with van der Waals surface area (Å²) in [5.74, 6) is 0.133. The Bertz CT molecular complexity index is 1260. The number of benzene rings is 2. The largest absolute Gasteiger partial charge is 0.506 e. The van der Waals surface area contributed by atoms with E-state index in [9.17, 15) is 9.90 Å². The maximum Gasteiger partial charge on any atom is 0.260 e. The Morgan fingerprint density at radius 1 is 1.27 bits per heavy atom. The number of nitrogen functional groups attached to an aromatic ring is 1. The van der Waals surface area contributed by atoms with E-state index < -0.39 is 0 Å². The summed E-state index contributed by atoms with van der Waals surface area (Å²) in [5, 5.41) is 21.1. The lowest BCUT2D eigenvalue weighted by Gasteiger charge is -2.07. The van der Waals surface area contributed by atoms with E-state index in [0.29, 0.717) is 25.8 Å². The number of nitrogens with two attached hydrogens (primary N) is 1. The Hall–Kier alpha value is -3.25. The fourth-order valence-corrected chi connectivity index (χ4v) is 4.01. The number of anilines is 1. The first-order valence-electron chi connectivity index (χ1n) is 8.47. The lowest BCUT2D eigenvalue weighted by molar-refractivity contribution is -0.121. The highest BCUT2D eigenvalue weighted by Gasteiger charge is 2.20. The van der Waals surface area contributed by atoms with Crippen LogP contribution in [-0.2, 0) is 11.3 Å². The number of nitrogens with one attached hydrogen (secondary N) is 1. The number of aromatic hydroxyl groups is 1. The Labute approximate surface area is 186 Å². The predicted molar refractivity (Wildman–Crippen MR) is 117 cm³/mol. The summed E-state index contributed by atoms with van der Waals surface area (Å²) in [4.78, 5) is 17.0. The standard InChI is InChI=1S/C18H13Br2N7O3/c19-10-5-9(6-11(20)16(10)29)7-22-24-14(28)8-27-13-4-2-1-3-12(13)23-18(27)15-17(21)26-30-25-15/h1-7,29H,8H2,(H2,21,26)(H,24,28)/b22-7-. The molecule has 30 heavy (non-hydrogen) atoms. The van der Waals surface area contributed by atoms with Crippen LogP contribution in [0.4, 0.5) is 5.82 Å². The number of hydrogen-bond acceptors (Lipinski definition) is 8. The van der Waals surface area contributed by atoms with E-state index in [4.69, 9.17) is 5.73 Å². The number of carbonyl (C=O) groups is 1. The van der Waals surface area contributed by atoms with Gasteiger partial charge < -0.3 is 15.4 Å². The molecule has 4 N–H and O–H groups in total. The van der Waals surface area contributed by atoms with Crippen LogP contribution in [0.25, 0.3) is 22.6 Å². The van der Waals surface area contributed by atoms with Gasteiger partial charge in [-0.3, -0.25) is 4.79 Å². The minimum Gasteiger partial charge on any atom is -0.506 e. The van der Waals surface area contributed by atoms with E-state index in [1.54, 1.807) is 16.7 Å². The minimum absolute atomic E-state index is 0.0773. The average Bonchev–Trinajstić information content (AvgIpc) is 3.29. The number of para-hydroxylation sites is 2. The Morgan fingerprint density at radius 2 is 2.00 bits per heavy atom. The molecule has 0 aliphatic rings. The first-order valence-corrected chi connectivity index (χ1v) is 10.1. The summed E-state index contributed by atoms with van der Waals surface area (Å²) in [6.07, 6.45) is 1.46. The van der Waals surface area contributed by atoms with E-state index in [1.807, 2.05) is 24.3 Å². The van der Waals surface area contributed by atoms with Crippen LogP contribution < -0.4 is 11.2 Å². The van der Waals surface area contributed by atoms with Crippen LogP contribution in [0.5, 0.6) is 5.75 Å². The molecule has 0 aliphatic heterocycles. The van der Waals surface area contributed by atoms with Gasteiger partial charge in [-0.05, 0) is 72.0 Å². The number of carbonyl (C=O) groups excluding carboxylic acids is 1. The number of aromatic nitrogens is 4. The van der Waals surface area contributed by atoms with Gasteiger partial charge in [0, 0.05) is 0 Å². The van der Waals surface area contributed by atoms with Gasteiger partial charge in [0.2, 0.25) is 0 Å². The van der Waals surface area contributed by atoms with Gasteiger partial charge in [-0.2, -0.15) is 5.10 Å². The molecule has 152 valence electrons. The zero-order valence-corrected chi connectivity index (χ0v) is 18.3. The number of halogens is 2. The number of phenols is 1. The molecule has 0 saturated heterocycles. The second kappa shape index (κ2) is 8.24. The van der Waals surface area contributed by atoms with Gasteiger partial charge in [-0.1, -0.05) is 12.1 Å². The average molecular weight is 535 g/mol. The summed E-state index contributed by atoms with van der Waals surface area (Å²) in [5.41, 5.74) is 10.6. The van der Waals surface area contributed by atoms with Crippen LogP contribution >= 0.6 is 31.9 Å². The van der Waals surface area contributed by atoms with Crippen molar-refractivity contribution in [1.29, 1.82) is 0 Å². The predicted octanol–water partition coefficient (Wildman–Crippen LogP) is 3.05. The van der Waals surface area contributed by atoms with Crippen LogP contribution in [0, 0.1) is 0 Å². The second-order valence-electron chi connectivity index (χ2n) is 6.13. The summed E-state index contributed by atoms with van der Waals surface area (Å²) in [7, 11) is 0. The third-order valence-corrected chi connectivity index (χ3v) is 5.33. The first kappa shape index (κ1) is 20.0. The van der Waals surface area contributed by atoms with Gasteiger partial charge in [0.25, 0.3) is 5.91 Å². The maximum atomic E-state index is 12.5. The zero-order valence-electron chi connectivity index (χ0n) is 15.1. The highest BCUT2D eigenvalue weighted by atomic mass is 79.9. The van der Waals surface area contributed by atoms with Crippen LogP contribution in [-0.4, -0.2) is 37.1 Å². The summed E-state index contributed by atoms with van der Waals surface area (Å²) >= 11 is 6.49. The van der Waals surface area contributed by atoms with Gasteiger partial charge in [0.05, 0.1) is 26.2 Å². The first-order chi connectivity index (χ1) is 14.4. The van der Waals surface area contributed by atoms with Gasteiger partial charge in [0.15, 0.2) is 17.3 Å². The molecule has 4 rings (SSSR count). The lowest BCUT2D eigenvalue weighted by atomic mass is 10.2. The molecule has 2 aromatic heterocycles. The van der Waals surface area contributed by atoms with E-state index >= 15 is 0 Å². The second-order valence-corrected chi connectivity index (χ2v) is 7.84.